The van der Waals surface area contributed by atoms with Crippen LogP contribution in [0.1, 0.15) is 24.2 Å². The van der Waals surface area contributed by atoms with Gasteiger partial charge in [0.05, 0.1) is 24.0 Å². The number of benzene rings is 1. The first-order valence-corrected chi connectivity index (χ1v) is 8.01. The van der Waals surface area contributed by atoms with Crippen LogP contribution in [-0.4, -0.2) is 31.7 Å². The van der Waals surface area contributed by atoms with Crippen LogP contribution in [0.4, 0.5) is 10.2 Å². The summed E-state index contributed by atoms with van der Waals surface area (Å²) in [5, 5.41) is 20.6. The molecular weight excluding hydrogens is 321 g/mol. The van der Waals surface area contributed by atoms with Gasteiger partial charge >= 0.3 is 0 Å². The maximum absolute atomic E-state index is 14.9. The molecule has 4 aromatic rings. The maximum atomic E-state index is 14.9. The Morgan fingerprint density at radius 3 is 2.84 bits per heavy atom. The van der Waals surface area contributed by atoms with Crippen LogP contribution in [0.25, 0.3) is 27.7 Å². The molecule has 0 amide bonds. The molecule has 0 spiro atoms. The molecular formula is C18H18FN5O. The van der Waals surface area contributed by atoms with Crippen molar-refractivity contribution in [3.05, 3.63) is 47.7 Å². The van der Waals surface area contributed by atoms with Crippen molar-refractivity contribution in [2.45, 2.75) is 20.0 Å². The molecule has 7 heteroatoms. The summed E-state index contributed by atoms with van der Waals surface area (Å²) in [6, 6.07) is 3.81. The summed E-state index contributed by atoms with van der Waals surface area (Å²) in [4.78, 5) is 4.42. The van der Waals surface area contributed by atoms with Crippen molar-refractivity contribution < 1.29 is 9.50 Å². The predicted molar refractivity (Wildman–Crippen MR) is 95.2 cm³/mol. The van der Waals surface area contributed by atoms with Crippen LogP contribution in [0, 0.1) is 12.7 Å². The molecule has 3 N–H and O–H groups in total. The number of H-pyrrole nitrogens is 1. The fourth-order valence-electron chi connectivity index (χ4n) is 3.33. The minimum absolute atomic E-state index is 0.245. The van der Waals surface area contributed by atoms with Crippen LogP contribution in [0.15, 0.2) is 30.7 Å². The van der Waals surface area contributed by atoms with Crippen molar-refractivity contribution in [2.75, 3.05) is 12.4 Å². The minimum atomic E-state index is -0.926. The lowest BCUT2D eigenvalue weighted by Gasteiger charge is -2.15. The predicted octanol–water partition coefficient (Wildman–Crippen LogP) is 3.42. The normalized spacial score (nSPS) is 12.8. The number of nitrogens with zero attached hydrogens (tertiary/aromatic N) is 3. The van der Waals surface area contributed by atoms with Crippen molar-refractivity contribution >= 4 is 22.4 Å². The highest BCUT2D eigenvalue weighted by atomic mass is 19.1. The molecule has 4 rings (SSSR count). The number of fused-ring (bicyclic) bond motifs is 2. The Morgan fingerprint density at radius 1 is 1.32 bits per heavy atom. The monoisotopic (exact) mass is 339 g/mol. The highest BCUT2D eigenvalue weighted by Gasteiger charge is 2.22. The van der Waals surface area contributed by atoms with Crippen LogP contribution < -0.4 is 5.32 Å². The number of anilines is 1. The Balaban J connectivity index is 2.02. The van der Waals surface area contributed by atoms with Crippen molar-refractivity contribution in [1.82, 2.24) is 19.6 Å². The van der Waals surface area contributed by atoms with E-state index in [2.05, 4.69) is 20.5 Å². The van der Waals surface area contributed by atoms with Gasteiger partial charge in [-0.3, -0.25) is 5.10 Å². The van der Waals surface area contributed by atoms with Crippen molar-refractivity contribution in [1.29, 1.82) is 0 Å². The Bertz CT molecular complexity index is 1100. The first-order chi connectivity index (χ1) is 12.0. The maximum Gasteiger partial charge on any atom is 0.145 e. The third-order valence-electron chi connectivity index (χ3n) is 4.53. The molecule has 0 aliphatic carbocycles. The third-order valence-corrected chi connectivity index (χ3v) is 4.53. The fraction of sp³-hybridized carbons (Fsp3) is 0.222. The quantitative estimate of drug-likeness (QED) is 0.534. The highest BCUT2D eigenvalue weighted by Crippen LogP contribution is 2.37. The van der Waals surface area contributed by atoms with E-state index < -0.39 is 11.9 Å². The number of aromatic nitrogens is 4. The number of nitrogens with one attached hydrogen (secondary N) is 2. The van der Waals surface area contributed by atoms with Gasteiger partial charge in [-0.1, -0.05) is 0 Å². The van der Waals surface area contributed by atoms with E-state index in [1.54, 1.807) is 20.0 Å². The van der Waals surface area contributed by atoms with E-state index in [9.17, 15) is 9.50 Å². The lowest BCUT2D eigenvalue weighted by atomic mass is 9.93. The molecule has 0 radical (unpaired) electrons. The zero-order valence-corrected chi connectivity index (χ0v) is 14.1. The van der Waals surface area contributed by atoms with Gasteiger partial charge in [0.25, 0.3) is 0 Å². The lowest BCUT2D eigenvalue weighted by Crippen LogP contribution is -2.02. The summed E-state index contributed by atoms with van der Waals surface area (Å²) in [5.41, 5.74) is 3.66. The summed E-state index contributed by atoms with van der Waals surface area (Å²) < 4.78 is 16.8. The summed E-state index contributed by atoms with van der Waals surface area (Å²) in [7, 11) is 1.81. The minimum Gasteiger partial charge on any atom is -0.389 e. The second kappa shape index (κ2) is 5.56. The Labute approximate surface area is 143 Å². The topological polar surface area (TPSA) is 78.2 Å². The van der Waals surface area contributed by atoms with Crippen LogP contribution in [0.3, 0.4) is 0 Å². The Hall–Kier alpha value is -2.93. The van der Waals surface area contributed by atoms with E-state index in [0.29, 0.717) is 11.1 Å². The summed E-state index contributed by atoms with van der Waals surface area (Å²) in [5.74, 6) is 0.348. The van der Waals surface area contributed by atoms with Crippen LogP contribution >= 0.6 is 0 Å². The number of aliphatic hydroxyl groups excluding tert-OH is 1. The zero-order valence-electron chi connectivity index (χ0n) is 14.1. The summed E-state index contributed by atoms with van der Waals surface area (Å²) >= 11 is 0. The number of aliphatic hydroxyl groups is 1. The molecule has 0 saturated carbocycles. The highest BCUT2D eigenvalue weighted by molar-refractivity contribution is 5.98. The van der Waals surface area contributed by atoms with Crippen LogP contribution in [-0.2, 0) is 0 Å². The van der Waals surface area contributed by atoms with Gasteiger partial charge in [-0.05, 0) is 42.7 Å². The molecule has 3 heterocycles. The molecule has 128 valence electrons. The van der Waals surface area contributed by atoms with Gasteiger partial charge in [0, 0.05) is 24.2 Å². The molecule has 25 heavy (non-hydrogen) atoms. The van der Waals surface area contributed by atoms with Gasteiger partial charge in [0.1, 0.15) is 17.3 Å². The number of imidazole rings is 1. The molecule has 6 nitrogen and oxygen atoms in total. The van der Waals surface area contributed by atoms with Gasteiger partial charge in [-0.2, -0.15) is 5.10 Å². The molecule has 0 saturated heterocycles. The van der Waals surface area contributed by atoms with Gasteiger partial charge in [-0.25, -0.2) is 9.37 Å². The SMILES string of the molecule is CNc1cn2cc(-c3c(C)c(F)c(C(C)O)c4[nH]ncc34)ccc2n1. The average molecular weight is 339 g/mol. The number of rotatable bonds is 3. The number of aromatic amines is 1. The Kier molecular flexibility index (Phi) is 3.47. The zero-order chi connectivity index (χ0) is 17.7. The molecule has 1 aromatic carbocycles. The standard InChI is InChI=1S/C18H18FN5O/c1-9-15(11-4-5-14-22-13(20-3)8-24(14)7-11)12-6-21-23-18(12)16(10(2)25)17(9)19/h4-8,10,20,25H,1-3H3,(H,21,23). The van der Waals surface area contributed by atoms with Crippen LogP contribution in [0.5, 0.6) is 0 Å². The van der Waals surface area contributed by atoms with Gasteiger partial charge in [0.15, 0.2) is 0 Å². The molecule has 3 aromatic heterocycles. The number of hydrogen-bond donors (Lipinski definition) is 3. The molecule has 0 fully saturated rings. The van der Waals surface area contributed by atoms with Gasteiger partial charge in [0.2, 0.25) is 0 Å². The number of pyridine rings is 1. The summed E-state index contributed by atoms with van der Waals surface area (Å²) in [6.45, 7) is 3.27. The van der Waals surface area contributed by atoms with Crippen molar-refractivity contribution in [3.63, 3.8) is 0 Å². The number of halogens is 1. The molecule has 0 bridgehead atoms. The van der Waals surface area contributed by atoms with E-state index in [1.165, 1.54) is 0 Å². The van der Waals surface area contributed by atoms with Crippen molar-refractivity contribution in [3.8, 4) is 11.1 Å². The molecule has 1 atom stereocenters. The third kappa shape index (κ3) is 2.27. The van der Waals surface area contributed by atoms with E-state index in [1.807, 2.05) is 36.0 Å². The summed E-state index contributed by atoms with van der Waals surface area (Å²) in [6.07, 6.45) is 4.53. The molecule has 0 aliphatic rings. The van der Waals surface area contributed by atoms with Crippen molar-refractivity contribution in [2.24, 2.45) is 0 Å². The first-order valence-electron chi connectivity index (χ1n) is 8.01. The van der Waals surface area contributed by atoms with Gasteiger partial charge in [-0.15, -0.1) is 0 Å². The van der Waals surface area contributed by atoms with E-state index >= 15 is 0 Å². The van der Waals surface area contributed by atoms with E-state index in [-0.39, 0.29) is 5.56 Å². The molecule has 0 aliphatic heterocycles. The smallest absolute Gasteiger partial charge is 0.145 e. The Morgan fingerprint density at radius 2 is 2.12 bits per heavy atom. The van der Waals surface area contributed by atoms with E-state index in [0.717, 1.165) is 28.0 Å². The fourth-order valence-corrected chi connectivity index (χ4v) is 3.33. The molecule has 1 unspecified atom stereocenters. The average Bonchev–Trinajstić information content (AvgIpc) is 3.21. The second-order valence-corrected chi connectivity index (χ2v) is 6.12. The van der Waals surface area contributed by atoms with E-state index in [4.69, 9.17) is 0 Å². The largest absolute Gasteiger partial charge is 0.389 e. The number of hydrogen-bond acceptors (Lipinski definition) is 4. The lowest BCUT2D eigenvalue weighted by molar-refractivity contribution is 0.195. The van der Waals surface area contributed by atoms with Gasteiger partial charge < -0.3 is 14.8 Å². The second-order valence-electron chi connectivity index (χ2n) is 6.12. The van der Waals surface area contributed by atoms with Crippen LogP contribution in [0.2, 0.25) is 0 Å². The first kappa shape index (κ1) is 15.6.